The summed E-state index contributed by atoms with van der Waals surface area (Å²) in [5.74, 6) is -0.186. The molecule has 12 heteroatoms. The second kappa shape index (κ2) is 8.52. The molecule has 1 saturated heterocycles. The third-order valence-electron chi connectivity index (χ3n) is 5.70. The maximum Gasteiger partial charge on any atom is 0.333 e. The number of hydrogen-bond donors (Lipinski definition) is 0. The standard InChI is InChI=1S/C22H15ClF4N6S/c23-14-9-12(24)1-2-13(14)18-17(15-3-7-33(31-15)21(25)26)16-10-22(27,4-5-28)11-32(16)19(30-18)20-29-6-8-34-20/h1-3,6-9,18,21H,4,10-11H2/t18-,22-/m0/s1. The van der Waals surface area contributed by atoms with Gasteiger partial charge in [-0.1, -0.05) is 17.7 Å². The zero-order valence-corrected chi connectivity index (χ0v) is 18.9. The molecule has 2 aliphatic rings. The average Bonchev–Trinajstić information content (AvgIpc) is 3.53. The monoisotopic (exact) mass is 506 g/mol. The molecule has 3 aromatic rings. The number of hydrogen-bond acceptors (Lipinski definition) is 6. The quantitative estimate of drug-likeness (QED) is 0.412. The number of fused-ring (bicyclic) bond motifs is 1. The van der Waals surface area contributed by atoms with Gasteiger partial charge in [0.2, 0.25) is 0 Å². The highest BCUT2D eigenvalue weighted by molar-refractivity contribution is 7.11. The van der Waals surface area contributed by atoms with Gasteiger partial charge < -0.3 is 4.90 Å². The summed E-state index contributed by atoms with van der Waals surface area (Å²) in [4.78, 5) is 10.7. The van der Waals surface area contributed by atoms with E-state index in [4.69, 9.17) is 16.6 Å². The van der Waals surface area contributed by atoms with Crippen LogP contribution in [-0.4, -0.2) is 37.7 Å². The highest BCUT2D eigenvalue weighted by Crippen LogP contribution is 2.49. The highest BCUT2D eigenvalue weighted by atomic mass is 35.5. The smallest absolute Gasteiger partial charge is 0.324 e. The highest BCUT2D eigenvalue weighted by Gasteiger charge is 2.48. The second-order valence-electron chi connectivity index (χ2n) is 7.93. The lowest BCUT2D eigenvalue weighted by molar-refractivity contribution is 0.0564. The van der Waals surface area contributed by atoms with Gasteiger partial charge in [0.25, 0.3) is 0 Å². The van der Waals surface area contributed by atoms with Crippen LogP contribution in [0.2, 0.25) is 5.02 Å². The SMILES string of the molecule is N#CC[C@]1(F)CC2=C(c3ccn(C(F)F)n3)[C@H](c3ccc(F)cc3Cl)N=C(c3nccs3)N2C1. The molecule has 2 aliphatic heterocycles. The Kier molecular flexibility index (Phi) is 5.65. The first-order valence-corrected chi connectivity index (χ1v) is 11.4. The summed E-state index contributed by atoms with van der Waals surface area (Å²) in [5.41, 5.74) is -0.509. The summed E-state index contributed by atoms with van der Waals surface area (Å²) >= 11 is 7.67. The van der Waals surface area contributed by atoms with Crippen molar-refractivity contribution in [1.82, 2.24) is 19.7 Å². The van der Waals surface area contributed by atoms with E-state index in [1.807, 2.05) is 6.07 Å². The van der Waals surface area contributed by atoms with Crippen molar-refractivity contribution in [3.8, 4) is 6.07 Å². The van der Waals surface area contributed by atoms with Crippen molar-refractivity contribution in [3.63, 3.8) is 0 Å². The largest absolute Gasteiger partial charge is 0.333 e. The number of nitrogens with zero attached hydrogens (tertiary/aromatic N) is 6. The predicted octanol–water partition coefficient (Wildman–Crippen LogP) is 5.77. The molecule has 0 unspecified atom stereocenters. The summed E-state index contributed by atoms with van der Waals surface area (Å²) < 4.78 is 56.6. The summed E-state index contributed by atoms with van der Waals surface area (Å²) in [6.07, 6.45) is 2.18. The van der Waals surface area contributed by atoms with E-state index in [1.165, 1.54) is 29.5 Å². The Balaban J connectivity index is 1.76. The number of amidine groups is 1. The second-order valence-corrected chi connectivity index (χ2v) is 9.23. The van der Waals surface area contributed by atoms with Gasteiger partial charge in [0, 0.05) is 46.1 Å². The lowest BCUT2D eigenvalue weighted by Crippen LogP contribution is -2.36. The van der Waals surface area contributed by atoms with Crippen LogP contribution in [0, 0.1) is 17.1 Å². The molecule has 2 atom stereocenters. The minimum atomic E-state index is -2.87. The summed E-state index contributed by atoms with van der Waals surface area (Å²) in [6, 6.07) is 6.20. The van der Waals surface area contributed by atoms with Crippen LogP contribution < -0.4 is 0 Å². The number of nitriles is 1. The number of halogens is 5. The Bertz CT molecular complexity index is 1350. The maximum atomic E-state index is 15.7. The molecule has 1 aromatic carbocycles. The molecule has 5 rings (SSSR count). The van der Waals surface area contributed by atoms with Gasteiger partial charge >= 0.3 is 6.55 Å². The Hall–Kier alpha value is -3.23. The molecule has 0 aliphatic carbocycles. The average molecular weight is 507 g/mol. The molecule has 0 saturated carbocycles. The fourth-order valence-corrected chi connectivity index (χ4v) is 5.19. The van der Waals surface area contributed by atoms with Crippen molar-refractivity contribution in [3.05, 3.63) is 74.8 Å². The number of thiazole rings is 1. The van der Waals surface area contributed by atoms with Crippen molar-refractivity contribution in [2.24, 2.45) is 4.99 Å². The van der Waals surface area contributed by atoms with Gasteiger partial charge in [0.05, 0.1) is 24.7 Å². The van der Waals surface area contributed by atoms with E-state index in [2.05, 4.69) is 10.1 Å². The fraction of sp³-hybridized carbons (Fsp3) is 0.273. The molecule has 1 fully saturated rings. The van der Waals surface area contributed by atoms with Crippen LogP contribution in [0.3, 0.4) is 0 Å². The van der Waals surface area contributed by atoms with Crippen molar-refractivity contribution >= 4 is 34.3 Å². The number of rotatable bonds is 5. The topological polar surface area (TPSA) is 70.1 Å². The summed E-state index contributed by atoms with van der Waals surface area (Å²) in [5, 5.41) is 15.5. The summed E-state index contributed by atoms with van der Waals surface area (Å²) in [6.45, 7) is -3.03. The molecule has 0 spiro atoms. The van der Waals surface area contributed by atoms with Gasteiger partial charge in [0.15, 0.2) is 10.8 Å². The van der Waals surface area contributed by atoms with Crippen molar-refractivity contribution in [2.45, 2.75) is 31.1 Å². The molecule has 0 amide bonds. The van der Waals surface area contributed by atoms with E-state index in [9.17, 15) is 18.4 Å². The maximum absolute atomic E-state index is 15.7. The van der Waals surface area contributed by atoms with Gasteiger partial charge in [-0.05, 0) is 18.2 Å². The number of benzene rings is 1. The van der Waals surface area contributed by atoms with E-state index >= 15 is 4.39 Å². The molecule has 34 heavy (non-hydrogen) atoms. The molecule has 6 nitrogen and oxygen atoms in total. The predicted molar refractivity (Wildman–Crippen MR) is 119 cm³/mol. The zero-order chi connectivity index (χ0) is 24.0. The minimum absolute atomic E-state index is 0.0774. The lowest BCUT2D eigenvalue weighted by atomic mass is 9.91. The van der Waals surface area contributed by atoms with Crippen LogP contribution in [0.25, 0.3) is 5.57 Å². The van der Waals surface area contributed by atoms with E-state index < -0.39 is 24.1 Å². The molecule has 0 bridgehead atoms. The molecule has 174 valence electrons. The zero-order valence-electron chi connectivity index (χ0n) is 17.3. The van der Waals surface area contributed by atoms with E-state index in [-0.39, 0.29) is 30.1 Å². The molecule has 0 radical (unpaired) electrons. The van der Waals surface area contributed by atoms with Crippen LogP contribution in [-0.2, 0) is 0 Å². The van der Waals surface area contributed by atoms with Crippen LogP contribution in [0.5, 0.6) is 0 Å². The Morgan fingerprint density at radius 3 is 2.79 bits per heavy atom. The third kappa shape index (κ3) is 3.86. The first kappa shape index (κ1) is 22.6. The molecule has 0 N–H and O–H groups in total. The third-order valence-corrected chi connectivity index (χ3v) is 6.80. The van der Waals surface area contributed by atoms with Gasteiger partial charge in [-0.15, -0.1) is 11.3 Å². The van der Waals surface area contributed by atoms with Crippen LogP contribution in [0.15, 0.2) is 52.7 Å². The first-order valence-electron chi connectivity index (χ1n) is 10.1. The van der Waals surface area contributed by atoms with Gasteiger partial charge in [-0.3, -0.25) is 4.99 Å². The van der Waals surface area contributed by atoms with E-state index in [1.54, 1.807) is 16.5 Å². The van der Waals surface area contributed by atoms with E-state index in [0.29, 0.717) is 32.4 Å². The van der Waals surface area contributed by atoms with E-state index in [0.717, 1.165) is 12.3 Å². The first-order chi connectivity index (χ1) is 16.3. The van der Waals surface area contributed by atoms with Crippen molar-refractivity contribution < 1.29 is 17.6 Å². The van der Waals surface area contributed by atoms with Gasteiger partial charge in [0.1, 0.15) is 17.5 Å². The number of allylic oxidation sites excluding steroid dienone is 1. The Labute approximate surface area is 200 Å². The Morgan fingerprint density at radius 2 is 2.15 bits per heavy atom. The number of aromatic nitrogens is 3. The fourth-order valence-electron chi connectivity index (χ4n) is 4.28. The molecular formula is C22H15ClF4N6S. The normalized spacial score (nSPS) is 22.2. The van der Waals surface area contributed by atoms with Crippen LogP contribution in [0.1, 0.15) is 41.7 Å². The van der Waals surface area contributed by atoms with Gasteiger partial charge in [-0.2, -0.15) is 19.1 Å². The molecule has 2 aromatic heterocycles. The Morgan fingerprint density at radius 1 is 1.32 bits per heavy atom. The minimum Gasteiger partial charge on any atom is -0.324 e. The van der Waals surface area contributed by atoms with Crippen LogP contribution >= 0.6 is 22.9 Å². The van der Waals surface area contributed by atoms with Crippen LogP contribution in [0.4, 0.5) is 17.6 Å². The molecule has 4 heterocycles. The summed E-state index contributed by atoms with van der Waals surface area (Å²) in [7, 11) is 0. The molecular weight excluding hydrogens is 492 g/mol. The van der Waals surface area contributed by atoms with Crippen molar-refractivity contribution in [2.75, 3.05) is 6.54 Å². The lowest BCUT2D eigenvalue weighted by Gasteiger charge is -2.32. The number of aliphatic imine (C=N–C) groups is 1. The van der Waals surface area contributed by atoms with Gasteiger partial charge in [-0.25, -0.2) is 18.4 Å². The van der Waals surface area contributed by atoms with Crippen molar-refractivity contribution in [1.29, 1.82) is 5.26 Å². The number of alkyl halides is 3.